The van der Waals surface area contributed by atoms with E-state index in [-0.39, 0.29) is 17.0 Å². The van der Waals surface area contributed by atoms with Crippen LogP contribution in [0.5, 0.6) is 11.5 Å². The molecular formula is C43H49ClN2O7. The number of benzene rings is 3. The van der Waals surface area contributed by atoms with Gasteiger partial charge in [0.25, 0.3) is 0 Å². The number of nitrogens with zero attached hydrogens (tertiary/aromatic N) is 2. The third-order valence-electron chi connectivity index (χ3n) is 10.8. The highest BCUT2D eigenvalue weighted by Gasteiger charge is 2.36. The summed E-state index contributed by atoms with van der Waals surface area (Å²) in [4.78, 5) is 16.4. The molecule has 9 nitrogen and oxygen atoms in total. The van der Waals surface area contributed by atoms with Crippen molar-refractivity contribution in [3.8, 4) is 11.5 Å². The summed E-state index contributed by atoms with van der Waals surface area (Å²) in [5, 5.41) is 2.17. The normalized spacial score (nSPS) is 19.3. The van der Waals surface area contributed by atoms with Crippen molar-refractivity contribution in [2.45, 2.75) is 85.7 Å². The molecule has 3 heterocycles. The zero-order valence-electron chi connectivity index (χ0n) is 31.9. The van der Waals surface area contributed by atoms with E-state index in [9.17, 15) is 4.79 Å². The van der Waals surface area contributed by atoms with Crippen LogP contribution in [-0.4, -0.2) is 36.7 Å². The minimum atomic E-state index is -4.94. The third-order valence-corrected chi connectivity index (χ3v) is 10.8. The van der Waals surface area contributed by atoms with Crippen molar-refractivity contribution in [1.29, 1.82) is 0 Å². The Morgan fingerprint density at radius 1 is 0.906 bits per heavy atom. The van der Waals surface area contributed by atoms with Gasteiger partial charge < -0.3 is 14.4 Å². The summed E-state index contributed by atoms with van der Waals surface area (Å²) in [5.74, 6) is 1.70. The van der Waals surface area contributed by atoms with Gasteiger partial charge in [-0.25, -0.2) is 28.0 Å². The summed E-state index contributed by atoms with van der Waals surface area (Å²) < 4.78 is 49.4. The first-order valence-corrected chi connectivity index (χ1v) is 19.6. The number of allylic oxidation sites excluding steroid dienone is 4. The van der Waals surface area contributed by atoms with Gasteiger partial charge in [-0.1, -0.05) is 36.4 Å². The van der Waals surface area contributed by atoms with Gasteiger partial charge in [0.1, 0.15) is 18.0 Å². The van der Waals surface area contributed by atoms with Crippen LogP contribution in [0.1, 0.15) is 107 Å². The summed E-state index contributed by atoms with van der Waals surface area (Å²) in [6, 6.07) is 17.0. The Hall–Kier alpha value is -4.25. The zero-order valence-corrected chi connectivity index (χ0v) is 32.6. The fourth-order valence-electron chi connectivity index (χ4n) is 8.64. The summed E-state index contributed by atoms with van der Waals surface area (Å²) in [7, 11) is -4.94. The van der Waals surface area contributed by atoms with E-state index in [1.54, 1.807) is 0 Å². The van der Waals surface area contributed by atoms with Gasteiger partial charge in [0.2, 0.25) is 5.36 Å². The first kappa shape index (κ1) is 38.5. The van der Waals surface area contributed by atoms with Crippen molar-refractivity contribution in [2.24, 2.45) is 5.92 Å². The minimum absolute atomic E-state index is 0.125. The van der Waals surface area contributed by atoms with E-state index in [4.69, 9.17) is 28.1 Å². The van der Waals surface area contributed by atoms with E-state index in [1.165, 1.54) is 33.3 Å². The monoisotopic (exact) mass is 740 g/mol. The van der Waals surface area contributed by atoms with Crippen molar-refractivity contribution >= 4 is 28.4 Å². The maximum atomic E-state index is 13.9. The van der Waals surface area contributed by atoms with Gasteiger partial charge in [-0.05, 0) is 108 Å². The first-order chi connectivity index (χ1) is 24.9. The SMILES string of the molecule is CCN1c2cc3c(cc2C(C)=CC1(C)C)C(c1ccccc1C(=O)OCC1CC=CCC1)=c1cc2c(cc1O3)=[N+](CC)C(C)(C)C=C2C.[O-][Cl+3]([O-])([O-])[O-]. The van der Waals surface area contributed by atoms with Crippen LogP contribution in [0, 0.1) is 16.2 Å². The second-order valence-corrected chi connectivity index (χ2v) is 16.1. The quantitative estimate of drug-likeness (QED) is 0.167. The first-order valence-electron chi connectivity index (χ1n) is 18.3. The summed E-state index contributed by atoms with van der Waals surface area (Å²) in [5.41, 5.74) is 9.24. The van der Waals surface area contributed by atoms with Gasteiger partial charge in [0.05, 0.1) is 23.8 Å². The molecule has 7 rings (SSSR count). The van der Waals surface area contributed by atoms with Crippen molar-refractivity contribution in [3.05, 3.63) is 111 Å². The van der Waals surface area contributed by atoms with Crippen LogP contribution in [0.15, 0.2) is 72.8 Å². The van der Waals surface area contributed by atoms with Gasteiger partial charge in [-0.2, -0.15) is 0 Å². The number of ether oxygens (including phenoxy) is 2. The second-order valence-electron chi connectivity index (χ2n) is 15.3. The molecule has 0 aromatic heterocycles. The fourth-order valence-corrected chi connectivity index (χ4v) is 8.64. The zero-order chi connectivity index (χ0) is 38.5. The molecule has 1 aliphatic carbocycles. The van der Waals surface area contributed by atoms with Gasteiger partial charge >= 0.3 is 5.97 Å². The molecule has 0 spiro atoms. The lowest BCUT2D eigenvalue weighted by Gasteiger charge is -2.43. The Bertz CT molecular complexity index is 2170. The van der Waals surface area contributed by atoms with Gasteiger partial charge in [0.15, 0.2) is 5.54 Å². The molecule has 3 aromatic carbocycles. The molecule has 0 saturated heterocycles. The molecule has 0 N–H and O–H groups in total. The number of hydrogen-bond acceptors (Lipinski definition) is 8. The number of fused-ring (bicyclic) bond motifs is 4. The minimum Gasteiger partial charge on any atom is -0.462 e. The smallest absolute Gasteiger partial charge is 0.338 e. The molecule has 0 radical (unpaired) electrons. The Morgan fingerprint density at radius 3 is 2.26 bits per heavy atom. The van der Waals surface area contributed by atoms with Crippen LogP contribution in [0.3, 0.4) is 0 Å². The highest BCUT2D eigenvalue weighted by Crippen LogP contribution is 2.46. The predicted octanol–water partition coefficient (Wildman–Crippen LogP) is 3.53. The molecule has 1 atom stereocenters. The molecule has 0 amide bonds. The topological polar surface area (TPSA) is 134 Å². The number of carbonyl (C=O) groups is 1. The molecule has 4 aliphatic rings. The molecule has 1 unspecified atom stereocenters. The molecule has 3 aliphatic heterocycles. The van der Waals surface area contributed by atoms with Crippen molar-refractivity contribution < 1.29 is 43.1 Å². The number of halogens is 1. The summed E-state index contributed by atoms with van der Waals surface area (Å²) in [6.07, 6.45) is 12.2. The lowest BCUT2D eigenvalue weighted by Crippen LogP contribution is -2.68. The largest absolute Gasteiger partial charge is 0.462 e. The molecule has 280 valence electrons. The van der Waals surface area contributed by atoms with E-state index >= 15 is 0 Å². The number of hydrogen-bond donors (Lipinski definition) is 0. The van der Waals surface area contributed by atoms with E-state index in [0.717, 1.165) is 65.8 Å². The Labute approximate surface area is 314 Å². The number of carbonyl (C=O) groups excluding carboxylic acids is 1. The number of anilines is 1. The highest BCUT2D eigenvalue weighted by molar-refractivity contribution is 6.00. The summed E-state index contributed by atoms with van der Waals surface area (Å²) >= 11 is 0. The molecule has 10 heteroatoms. The highest BCUT2D eigenvalue weighted by atomic mass is 35.7. The average molecular weight is 741 g/mol. The van der Waals surface area contributed by atoms with Crippen LogP contribution in [0.4, 0.5) is 5.69 Å². The van der Waals surface area contributed by atoms with Gasteiger partial charge in [0, 0.05) is 59.6 Å². The van der Waals surface area contributed by atoms with E-state index in [0.29, 0.717) is 18.1 Å². The maximum absolute atomic E-state index is 13.9. The lowest BCUT2D eigenvalue weighted by molar-refractivity contribution is -2.00. The van der Waals surface area contributed by atoms with Crippen molar-refractivity contribution in [2.75, 3.05) is 24.6 Å². The Kier molecular flexibility index (Phi) is 10.5. The van der Waals surface area contributed by atoms with Crippen LogP contribution < -0.4 is 43.4 Å². The van der Waals surface area contributed by atoms with Gasteiger partial charge in [-0.3, -0.25) is 0 Å². The van der Waals surface area contributed by atoms with E-state index in [1.807, 2.05) is 18.2 Å². The average Bonchev–Trinajstić information content (AvgIpc) is 3.08. The number of rotatable bonds is 6. The molecule has 0 fully saturated rings. The second kappa shape index (κ2) is 14.5. The summed E-state index contributed by atoms with van der Waals surface area (Å²) in [6.45, 7) is 20.1. The molecule has 0 saturated carbocycles. The Balaban J connectivity index is 0.000000902. The number of esters is 1. The van der Waals surface area contributed by atoms with Crippen molar-refractivity contribution in [3.63, 3.8) is 0 Å². The standard InChI is InChI=1S/C43H49N2O3.ClHO4/c1-9-44-36-22-38-34(20-32(36)27(3)24-42(44,5)6)40(30-18-14-15-19-31(30)41(46)47-26-29-16-12-11-13-17-29)35-21-33-28(4)25-43(7,8)45(10-2)37(33)23-39(35)48-38;2-1(3,4)5/h11-12,14-15,18-25,29H,9-10,13,16-17,26H2,1-8H3;(H,2,3,4,5)/q+1;/p-1. The van der Waals surface area contributed by atoms with Crippen LogP contribution in [-0.2, 0) is 4.74 Å². The van der Waals surface area contributed by atoms with E-state index < -0.39 is 10.2 Å². The fraction of sp³-hybridized carbons (Fsp3) is 0.395. The molecule has 3 aromatic rings. The molecule has 0 bridgehead atoms. The Morgan fingerprint density at radius 2 is 1.60 bits per heavy atom. The third kappa shape index (κ3) is 7.72. The molecular weight excluding hydrogens is 692 g/mol. The predicted molar refractivity (Wildman–Crippen MR) is 197 cm³/mol. The van der Waals surface area contributed by atoms with Crippen LogP contribution in [0.2, 0.25) is 0 Å². The lowest BCUT2D eigenvalue weighted by atomic mass is 9.83. The van der Waals surface area contributed by atoms with Crippen LogP contribution in [0.25, 0.3) is 16.7 Å². The van der Waals surface area contributed by atoms with Gasteiger partial charge in [-0.15, -0.1) is 10.2 Å². The van der Waals surface area contributed by atoms with Crippen LogP contribution >= 0.6 is 0 Å². The van der Waals surface area contributed by atoms with Crippen molar-refractivity contribution in [1.82, 2.24) is 4.58 Å². The maximum Gasteiger partial charge on any atom is 0.338 e. The molecule has 53 heavy (non-hydrogen) atoms. The van der Waals surface area contributed by atoms with E-state index in [2.05, 4.69) is 120 Å². The number of likely N-dealkylation sites (N-methyl/N-ethyl adjacent to an activating group) is 2.